The first-order valence-corrected chi connectivity index (χ1v) is 6.31. The minimum atomic E-state index is -0.557. The molecular weight excluding hydrogens is 259 g/mol. The summed E-state index contributed by atoms with van der Waals surface area (Å²) in [5, 5.41) is 0. The van der Waals surface area contributed by atoms with Crippen molar-refractivity contribution in [2.45, 2.75) is 19.5 Å². The van der Waals surface area contributed by atoms with Crippen molar-refractivity contribution < 1.29 is 13.9 Å². The van der Waals surface area contributed by atoms with Crippen LogP contribution in [0.3, 0.4) is 0 Å². The van der Waals surface area contributed by atoms with E-state index in [2.05, 4.69) is 4.99 Å². The maximum absolute atomic E-state index is 13.3. The van der Waals surface area contributed by atoms with Gasteiger partial charge in [-0.25, -0.2) is 9.18 Å². The molecule has 4 nitrogen and oxygen atoms in total. The number of aliphatic imine (C=N–C) groups is 1. The third-order valence-corrected chi connectivity index (χ3v) is 3.03. The SMILES string of the molecule is CCOC1=CC=NC(c2ccc(F)cc2CN)C1=C=O. The van der Waals surface area contributed by atoms with Crippen molar-refractivity contribution >= 4 is 12.2 Å². The molecule has 2 N–H and O–H groups in total. The molecule has 0 spiro atoms. The predicted molar refractivity (Wildman–Crippen MR) is 74.4 cm³/mol. The molecule has 0 saturated heterocycles. The van der Waals surface area contributed by atoms with Gasteiger partial charge in [-0.3, -0.25) is 4.99 Å². The molecule has 2 rings (SSSR count). The number of halogens is 1. The number of rotatable bonds is 4. The van der Waals surface area contributed by atoms with Gasteiger partial charge in [-0.05, 0) is 36.3 Å². The standard InChI is InChI=1S/C15H15FN2O2/c1-2-20-14-5-6-18-15(13(14)9-19)12-4-3-11(16)7-10(12)8-17/h3-7,15H,2,8,17H2,1H3. The molecule has 5 heteroatoms. The fourth-order valence-corrected chi connectivity index (χ4v) is 2.14. The maximum Gasteiger partial charge on any atom is 0.137 e. The van der Waals surface area contributed by atoms with Crippen molar-refractivity contribution in [2.75, 3.05) is 6.61 Å². The molecule has 20 heavy (non-hydrogen) atoms. The lowest BCUT2D eigenvalue weighted by atomic mass is 9.93. The zero-order valence-corrected chi connectivity index (χ0v) is 11.1. The maximum atomic E-state index is 13.3. The summed E-state index contributed by atoms with van der Waals surface area (Å²) in [7, 11) is 0. The van der Waals surface area contributed by atoms with E-state index in [4.69, 9.17) is 10.5 Å². The van der Waals surface area contributed by atoms with Crippen LogP contribution >= 0.6 is 0 Å². The molecule has 0 aliphatic carbocycles. The lowest BCUT2D eigenvalue weighted by Crippen LogP contribution is -2.13. The molecule has 1 aromatic rings. The quantitative estimate of drug-likeness (QED) is 0.855. The summed E-state index contributed by atoms with van der Waals surface area (Å²) < 4.78 is 18.7. The van der Waals surface area contributed by atoms with Crippen LogP contribution in [0.25, 0.3) is 0 Å². The number of allylic oxidation sites excluding steroid dienone is 1. The van der Waals surface area contributed by atoms with Crippen molar-refractivity contribution in [3.8, 4) is 0 Å². The molecule has 0 bridgehead atoms. The van der Waals surface area contributed by atoms with Crippen LogP contribution < -0.4 is 5.73 Å². The van der Waals surface area contributed by atoms with Gasteiger partial charge in [0, 0.05) is 12.8 Å². The van der Waals surface area contributed by atoms with Gasteiger partial charge in [0.15, 0.2) is 0 Å². The number of dihydropyridines is 1. The van der Waals surface area contributed by atoms with Gasteiger partial charge in [-0.1, -0.05) is 6.07 Å². The summed E-state index contributed by atoms with van der Waals surface area (Å²) in [4.78, 5) is 15.5. The molecule has 0 aromatic heterocycles. The molecule has 0 saturated carbocycles. The van der Waals surface area contributed by atoms with Crippen molar-refractivity contribution in [2.24, 2.45) is 10.7 Å². The van der Waals surface area contributed by atoms with Gasteiger partial charge in [0.2, 0.25) is 0 Å². The molecule has 1 atom stereocenters. The third-order valence-electron chi connectivity index (χ3n) is 3.03. The highest BCUT2D eigenvalue weighted by molar-refractivity contribution is 5.80. The number of benzene rings is 1. The molecule has 1 aliphatic rings. The van der Waals surface area contributed by atoms with Crippen LogP contribution in [0.5, 0.6) is 0 Å². The summed E-state index contributed by atoms with van der Waals surface area (Å²) in [6.07, 6.45) is 3.19. The molecule has 1 heterocycles. The Labute approximate surface area is 116 Å². The average molecular weight is 274 g/mol. The van der Waals surface area contributed by atoms with E-state index in [0.717, 1.165) is 0 Å². The number of ether oxygens (including phenoxy) is 1. The van der Waals surface area contributed by atoms with Crippen LogP contribution in [0.1, 0.15) is 24.1 Å². The smallest absolute Gasteiger partial charge is 0.137 e. The second kappa shape index (κ2) is 6.28. The van der Waals surface area contributed by atoms with E-state index in [1.807, 2.05) is 12.9 Å². The van der Waals surface area contributed by atoms with Crippen molar-refractivity contribution in [3.05, 3.63) is 52.6 Å². The first kappa shape index (κ1) is 14.2. The minimum Gasteiger partial charge on any atom is -0.493 e. The summed E-state index contributed by atoms with van der Waals surface area (Å²) in [5.41, 5.74) is 7.23. The average Bonchev–Trinajstić information content (AvgIpc) is 2.47. The van der Waals surface area contributed by atoms with Crippen molar-refractivity contribution in [1.82, 2.24) is 0 Å². The van der Waals surface area contributed by atoms with Gasteiger partial charge in [0.1, 0.15) is 29.1 Å². The summed E-state index contributed by atoms with van der Waals surface area (Å²) in [6, 6.07) is 3.71. The molecular formula is C15H15FN2O2. The van der Waals surface area contributed by atoms with E-state index in [9.17, 15) is 9.18 Å². The normalized spacial score (nSPS) is 17.6. The molecule has 0 amide bonds. The second-order valence-corrected chi connectivity index (χ2v) is 4.23. The van der Waals surface area contributed by atoms with Gasteiger partial charge in [-0.15, -0.1) is 0 Å². The van der Waals surface area contributed by atoms with Gasteiger partial charge in [0.25, 0.3) is 0 Å². The number of nitrogens with two attached hydrogens (primary N) is 1. The Morgan fingerprint density at radius 1 is 1.50 bits per heavy atom. The largest absolute Gasteiger partial charge is 0.493 e. The Hall–Kier alpha value is -2.23. The van der Waals surface area contributed by atoms with Crippen LogP contribution in [0.4, 0.5) is 4.39 Å². The van der Waals surface area contributed by atoms with Crippen molar-refractivity contribution in [3.63, 3.8) is 0 Å². The monoisotopic (exact) mass is 274 g/mol. The summed E-state index contributed by atoms with van der Waals surface area (Å²) in [5.74, 6) is 1.95. The zero-order valence-electron chi connectivity index (χ0n) is 11.1. The number of carbonyl (C=O) groups excluding carboxylic acids is 1. The molecule has 1 aromatic carbocycles. The van der Waals surface area contributed by atoms with Crippen LogP contribution in [0.2, 0.25) is 0 Å². The van der Waals surface area contributed by atoms with Gasteiger partial charge in [-0.2, -0.15) is 0 Å². The fraction of sp³-hybridized carbons (Fsp3) is 0.267. The minimum absolute atomic E-state index is 0.166. The zero-order chi connectivity index (χ0) is 14.5. The van der Waals surface area contributed by atoms with E-state index in [1.54, 1.807) is 18.4 Å². The second-order valence-electron chi connectivity index (χ2n) is 4.23. The van der Waals surface area contributed by atoms with E-state index in [-0.39, 0.29) is 12.4 Å². The fourth-order valence-electron chi connectivity index (χ4n) is 2.14. The van der Waals surface area contributed by atoms with E-state index < -0.39 is 6.04 Å². The predicted octanol–water partition coefficient (Wildman–Crippen LogP) is 2.09. The third kappa shape index (κ3) is 2.69. The van der Waals surface area contributed by atoms with Gasteiger partial charge in [0.05, 0.1) is 6.61 Å². The molecule has 0 radical (unpaired) electrons. The summed E-state index contributed by atoms with van der Waals surface area (Å²) in [6.45, 7) is 2.43. The van der Waals surface area contributed by atoms with Crippen LogP contribution in [0, 0.1) is 5.82 Å². The Bertz CT molecular complexity index is 616. The van der Waals surface area contributed by atoms with Crippen LogP contribution in [-0.2, 0) is 16.1 Å². The van der Waals surface area contributed by atoms with E-state index >= 15 is 0 Å². The first-order chi connectivity index (χ1) is 9.71. The lowest BCUT2D eigenvalue weighted by molar-refractivity contribution is 0.235. The highest BCUT2D eigenvalue weighted by Crippen LogP contribution is 2.33. The first-order valence-electron chi connectivity index (χ1n) is 6.31. The number of nitrogens with zero attached hydrogens (tertiary/aromatic N) is 1. The van der Waals surface area contributed by atoms with Crippen LogP contribution in [-0.4, -0.2) is 18.8 Å². The highest BCUT2D eigenvalue weighted by atomic mass is 19.1. The highest BCUT2D eigenvalue weighted by Gasteiger charge is 2.25. The van der Waals surface area contributed by atoms with Gasteiger partial charge < -0.3 is 10.5 Å². The van der Waals surface area contributed by atoms with Crippen molar-refractivity contribution in [1.29, 1.82) is 0 Å². The lowest BCUT2D eigenvalue weighted by Gasteiger charge is -2.21. The van der Waals surface area contributed by atoms with Gasteiger partial charge >= 0.3 is 0 Å². The molecule has 0 fully saturated rings. The Kier molecular flexibility index (Phi) is 4.45. The molecule has 1 unspecified atom stereocenters. The number of hydrogen-bond donors (Lipinski definition) is 1. The topological polar surface area (TPSA) is 64.7 Å². The summed E-state index contributed by atoms with van der Waals surface area (Å²) >= 11 is 0. The Morgan fingerprint density at radius 3 is 2.95 bits per heavy atom. The van der Waals surface area contributed by atoms with Crippen LogP contribution in [0.15, 0.2) is 40.6 Å². The Balaban J connectivity index is 2.46. The van der Waals surface area contributed by atoms with E-state index in [1.165, 1.54) is 12.1 Å². The molecule has 1 aliphatic heterocycles. The number of hydrogen-bond acceptors (Lipinski definition) is 4. The van der Waals surface area contributed by atoms with E-state index in [0.29, 0.717) is 29.1 Å². The Morgan fingerprint density at radius 2 is 2.30 bits per heavy atom. The molecule has 104 valence electrons.